The van der Waals surface area contributed by atoms with Gasteiger partial charge in [0.05, 0.1) is 6.61 Å². The van der Waals surface area contributed by atoms with E-state index >= 15 is 0 Å². The molecular weight excluding hydrogens is 252 g/mol. The minimum Gasteiger partial charge on any atom is -0.380 e. The molecule has 1 aliphatic rings. The van der Waals surface area contributed by atoms with Gasteiger partial charge in [0.2, 0.25) is 5.91 Å². The minimum absolute atomic E-state index is 0.278. The summed E-state index contributed by atoms with van der Waals surface area (Å²) in [6.07, 6.45) is 5.69. The van der Waals surface area contributed by atoms with Crippen LogP contribution >= 0.6 is 0 Å². The molecule has 1 rings (SSSR count). The number of carbonyl (C=O) groups excluding carboxylic acids is 1. The highest BCUT2D eigenvalue weighted by molar-refractivity contribution is 5.76. The molecule has 0 aromatic heterocycles. The largest absolute Gasteiger partial charge is 0.380 e. The Bertz CT molecular complexity index is 326. The van der Waals surface area contributed by atoms with E-state index in [0.29, 0.717) is 31.4 Å². The molecule has 1 unspecified atom stereocenters. The fourth-order valence-electron chi connectivity index (χ4n) is 2.75. The van der Waals surface area contributed by atoms with Gasteiger partial charge in [-0.05, 0) is 43.2 Å². The van der Waals surface area contributed by atoms with Gasteiger partial charge < -0.3 is 15.4 Å². The molecule has 1 atom stereocenters. The molecular formula is C16H30N2O2. The number of ether oxygens (including phenoxy) is 1. The zero-order valence-corrected chi connectivity index (χ0v) is 13.2. The molecule has 20 heavy (non-hydrogen) atoms. The lowest BCUT2D eigenvalue weighted by Crippen LogP contribution is -2.35. The van der Waals surface area contributed by atoms with Crippen LogP contribution in [0.2, 0.25) is 0 Å². The van der Waals surface area contributed by atoms with Crippen LogP contribution < -0.4 is 5.73 Å². The van der Waals surface area contributed by atoms with E-state index in [0.717, 1.165) is 32.4 Å². The van der Waals surface area contributed by atoms with Crippen molar-refractivity contribution in [1.29, 1.82) is 0 Å². The van der Waals surface area contributed by atoms with E-state index in [9.17, 15) is 4.79 Å². The molecule has 0 radical (unpaired) electrons. The van der Waals surface area contributed by atoms with Gasteiger partial charge in [0.15, 0.2) is 0 Å². The summed E-state index contributed by atoms with van der Waals surface area (Å²) in [6.45, 7) is 7.40. The predicted molar refractivity (Wildman–Crippen MR) is 82.4 cm³/mol. The van der Waals surface area contributed by atoms with Crippen molar-refractivity contribution in [2.75, 3.05) is 33.4 Å². The first-order chi connectivity index (χ1) is 9.58. The van der Waals surface area contributed by atoms with Gasteiger partial charge in [-0.15, -0.1) is 0 Å². The number of carbonyl (C=O) groups is 1. The van der Waals surface area contributed by atoms with Crippen molar-refractivity contribution in [2.24, 2.45) is 17.6 Å². The van der Waals surface area contributed by atoms with E-state index < -0.39 is 0 Å². The van der Waals surface area contributed by atoms with Gasteiger partial charge in [-0.2, -0.15) is 0 Å². The van der Waals surface area contributed by atoms with Crippen LogP contribution in [0.4, 0.5) is 0 Å². The van der Waals surface area contributed by atoms with E-state index in [2.05, 4.69) is 19.9 Å². The first kappa shape index (κ1) is 17.2. The third kappa shape index (κ3) is 5.63. The number of nitrogens with two attached hydrogens (primary N) is 1. The molecule has 1 heterocycles. The van der Waals surface area contributed by atoms with Crippen molar-refractivity contribution < 1.29 is 9.53 Å². The van der Waals surface area contributed by atoms with Crippen molar-refractivity contribution in [3.8, 4) is 0 Å². The summed E-state index contributed by atoms with van der Waals surface area (Å²) < 4.78 is 5.13. The third-order valence-electron chi connectivity index (χ3n) is 4.19. The maximum atomic E-state index is 12.2. The summed E-state index contributed by atoms with van der Waals surface area (Å²) in [7, 11) is 1.71. The van der Waals surface area contributed by atoms with Crippen molar-refractivity contribution in [3.05, 3.63) is 11.6 Å². The molecule has 2 N–H and O–H groups in total. The van der Waals surface area contributed by atoms with Gasteiger partial charge in [0.25, 0.3) is 0 Å². The lowest BCUT2D eigenvalue weighted by Gasteiger charge is -2.27. The Hall–Kier alpha value is -0.870. The Kier molecular flexibility index (Phi) is 7.85. The number of hydrogen-bond acceptors (Lipinski definition) is 3. The number of methoxy groups -OCH3 is 1. The maximum Gasteiger partial charge on any atom is 0.222 e. The lowest BCUT2D eigenvalue weighted by molar-refractivity contribution is -0.131. The van der Waals surface area contributed by atoms with Crippen LogP contribution in [0.5, 0.6) is 0 Å². The third-order valence-corrected chi connectivity index (χ3v) is 4.19. The van der Waals surface area contributed by atoms with Crippen molar-refractivity contribution in [3.63, 3.8) is 0 Å². The molecule has 1 aliphatic heterocycles. The van der Waals surface area contributed by atoms with Crippen LogP contribution in [-0.4, -0.2) is 44.2 Å². The summed E-state index contributed by atoms with van der Waals surface area (Å²) in [5, 5.41) is 0. The molecule has 4 nitrogen and oxygen atoms in total. The van der Waals surface area contributed by atoms with Gasteiger partial charge >= 0.3 is 0 Å². The number of hydrogen-bond donors (Lipinski definition) is 1. The molecule has 4 heteroatoms. The molecule has 0 saturated carbocycles. The Morgan fingerprint density at radius 2 is 2.20 bits per heavy atom. The quantitative estimate of drug-likeness (QED) is 0.694. The van der Waals surface area contributed by atoms with E-state index in [-0.39, 0.29) is 5.91 Å². The minimum atomic E-state index is 0.278. The SMILES string of the molecule is COCC1=CCN(C(=O)CCC(CCN)C(C)C)CC1. The number of rotatable bonds is 8. The number of nitrogens with zero attached hydrogens (tertiary/aromatic N) is 1. The molecule has 0 saturated heterocycles. The van der Waals surface area contributed by atoms with Gasteiger partial charge in [-0.1, -0.05) is 19.9 Å². The Labute approximate surface area is 123 Å². The van der Waals surface area contributed by atoms with Gasteiger partial charge in [0, 0.05) is 26.6 Å². The van der Waals surface area contributed by atoms with Crippen molar-refractivity contribution in [1.82, 2.24) is 4.90 Å². The molecule has 0 spiro atoms. The average molecular weight is 282 g/mol. The summed E-state index contributed by atoms with van der Waals surface area (Å²) in [5.41, 5.74) is 6.95. The lowest BCUT2D eigenvalue weighted by atomic mass is 9.88. The Morgan fingerprint density at radius 1 is 1.45 bits per heavy atom. The maximum absolute atomic E-state index is 12.2. The summed E-state index contributed by atoms with van der Waals surface area (Å²) in [4.78, 5) is 14.2. The van der Waals surface area contributed by atoms with Gasteiger partial charge in [-0.25, -0.2) is 0 Å². The zero-order valence-electron chi connectivity index (χ0n) is 13.2. The fraction of sp³-hybridized carbons (Fsp3) is 0.812. The Morgan fingerprint density at radius 3 is 2.70 bits per heavy atom. The molecule has 0 bridgehead atoms. The normalized spacial score (nSPS) is 17.2. The van der Waals surface area contributed by atoms with Crippen LogP contribution in [0, 0.1) is 11.8 Å². The molecule has 0 aromatic rings. The standard InChI is InChI=1S/C16H30N2O2/c1-13(2)15(6-9-17)4-5-16(19)18-10-7-14(8-11-18)12-20-3/h7,13,15H,4-6,8-12,17H2,1-3H3. The van der Waals surface area contributed by atoms with E-state index in [1.165, 1.54) is 5.57 Å². The second-order valence-electron chi connectivity index (χ2n) is 6.01. The highest BCUT2D eigenvalue weighted by atomic mass is 16.5. The fourth-order valence-corrected chi connectivity index (χ4v) is 2.75. The molecule has 1 amide bonds. The molecule has 0 aromatic carbocycles. The Balaban J connectivity index is 2.36. The van der Waals surface area contributed by atoms with Crippen LogP contribution in [-0.2, 0) is 9.53 Å². The second kappa shape index (κ2) is 9.14. The van der Waals surface area contributed by atoms with Crippen molar-refractivity contribution >= 4 is 5.91 Å². The van der Waals surface area contributed by atoms with E-state index in [1.54, 1.807) is 7.11 Å². The topological polar surface area (TPSA) is 55.6 Å². The molecule has 0 aliphatic carbocycles. The van der Waals surface area contributed by atoms with Crippen LogP contribution in [0.3, 0.4) is 0 Å². The summed E-state index contributed by atoms with van der Waals surface area (Å²) in [5.74, 6) is 1.44. The number of amides is 1. The monoisotopic (exact) mass is 282 g/mol. The molecule has 0 fully saturated rings. The van der Waals surface area contributed by atoms with Crippen LogP contribution in [0.25, 0.3) is 0 Å². The smallest absolute Gasteiger partial charge is 0.222 e. The summed E-state index contributed by atoms with van der Waals surface area (Å²) >= 11 is 0. The highest BCUT2D eigenvalue weighted by Crippen LogP contribution is 2.21. The van der Waals surface area contributed by atoms with Gasteiger partial charge in [0.1, 0.15) is 0 Å². The summed E-state index contributed by atoms with van der Waals surface area (Å²) in [6, 6.07) is 0. The van der Waals surface area contributed by atoms with Crippen LogP contribution in [0.15, 0.2) is 11.6 Å². The predicted octanol–water partition coefficient (Wildman–Crippen LogP) is 2.19. The first-order valence-corrected chi connectivity index (χ1v) is 7.73. The average Bonchev–Trinajstić information content (AvgIpc) is 2.44. The van der Waals surface area contributed by atoms with Crippen molar-refractivity contribution in [2.45, 2.75) is 39.5 Å². The van der Waals surface area contributed by atoms with E-state index in [4.69, 9.17) is 10.5 Å². The first-order valence-electron chi connectivity index (χ1n) is 7.73. The second-order valence-corrected chi connectivity index (χ2v) is 6.01. The van der Waals surface area contributed by atoms with E-state index in [1.807, 2.05) is 4.90 Å². The zero-order chi connectivity index (χ0) is 15.0. The van der Waals surface area contributed by atoms with Gasteiger partial charge in [-0.3, -0.25) is 4.79 Å². The molecule has 116 valence electrons. The highest BCUT2D eigenvalue weighted by Gasteiger charge is 2.19. The van der Waals surface area contributed by atoms with Crippen LogP contribution in [0.1, 0.15) is 39.5 Å².